The van der Waals surface area contributed by atoms with Crippen LogP contribution in [0.5, 0.6) is 11.5 Å². The first-order chi connectivity index (χ1) is 13.0. The Balaban J connectivity index is 1.57. The molecule has 0 saturated heterocycles. The largest absolute Gasteiger partial charge is 0.454 e. The fourth-order valence-corrected chi connectivity index (χ4v) is 2.70. The molecule has 1 aliphatic heterocycles. The first-order valence-corrected chi connectivity index (χ1v) is 7.84. The average molecular weight is 368 g/mol. The number of fused-ring (bicyclic) bond motifs is 2. The quantitative estimate of drug-likeness (QED) is 0.548. The second kappa shape index (κ2) is 6.41. The summed E-state index contributed by atoms with van der Waals surface area (Å²) in [6.45, 7) is -0.171. The van der Waals surface area contributed by atoms with Crippen LogP contribution in [0.3, 0.4) is 0 Å². The summed E-state index contributed by atoms with van der Waals surface area (Å²) < 4.78 is 11.5. The molecule has 2 heterocycles. The minimum Gasteiger partial charge on any atom is -0.454 e. The Hall–Kier alpha value is -3.95. The van der Waals surface area contributed by atoms with Crippen molar-refractivity contribution in [1.29, 1.82) is 0 Å². The Labute approximate surface area is 151 Å². The number of nitrogens with zero attached hydrogens (tertiary/aromatic N) is 3. The second-order valence-electron chi connectivity index (χ2n) is 5.75. The standard InChI is InChI=1S/C17H12N4O6/c22-16(19-10-1-4-14-15(5-10)27-9-26-14)7-20-8-18-13-3-2-11(21(24)25)6-12(13)17(20)23/h1-6,8H,7,9H2,(H,19,22). The van der Waals surface area contributed by atoms with Gasteiger partial charge in [0.2, 0.25) is 12.7 Å². The zero-order valence-electron chi connectivity index (χ0n) is 13.7. The van der Waals surface area contributed by atoms with Crippen molar-refractivity contribution >= 4 is 28.2 Å². The third kappa shape index (κ3) is 3.15. The number of hydrogen-bond acceptors (Lipinski definition) is 7. The van der Waals surface area contributed by atoms with Gasteiger partial charge in [-0.3, -0.25) is 24.3 Å². The molecule has 136 valence electrons. The van der Waals surface area contributed by atoms with Crippen molar-refractivity contribution in [3.05, 3.63) is 63.2 Å². The van der Waals surface area contributed by atoms with E-state index in [1.165, 1.54) is 18.5 Å². The Kier molecular flexibility index (Phi) is 3.92. The highest BCUT2D eigenvalue weighted by Gasteiger charge is 2.15. The number of rotatable bonds is 4. The summed E-state index contributed by atoms with van der Waals surface area (Å²) in [7, 11) is 0. The monoisotopic (exact) mass is 368 g/mol. The SMILES string of the molecule is O=C(Cn1cnc2ccc([N+](=O)[O-])cc2c1=O)Nc1ccc2c(c1)OCO2. The van der Waals surface area contributed by atoms with Gasteiger partial charge in [-0.15, -0.1) is 0 Å². The number of carbonyl (C=O) groups excluding carboxylic acids is 1. The van der Waals surface area contributed by atoms with E-state index >= 15 is 0 Å². The van der Waals surface area contributed by atoms with E-state index in [-0.39, 0.29) is 24.4 Å². The molecule has 10 nitrogen and oxygen atoms in total. The van der Waals surface area contributed by atoms with Gasteiger partial charge in [-0.25, -0.2) is 4.98 Å². The number of nitro benzene ring substituents is 1. The Bertz CT molecular complexity index is 1140. The first-order valence-electron chi connectivity index (χ1n) is 7.84. The zero-order valence-corrected chi connectivity index (χ0v) is 13.7. The van der Waals surface area contributed by atoms with Crippen molar-refractivity contribution in [2.45, 2.75) is 6.54 Å². The van der Waals surface area contributed by atoms with Gasteiger partial charge in [0.25, 0.3) is 11.2 Å². The molecule has 0 aliphatic carbocycles. The molecule has 2 aromatic carbocycles. The van der Waals surface area contributed by atoms with Crippen molar-refractivity contribution in [3.63, 3.8) is 0 Å². The molecule has 1 N–H and O–H groups in total. The summed E-state index contributed by atoms with van der Waals surface area (Å²) >= 11 is 0. The number of anilines is 1. The number of amides is 1. The lowest BCUT2D eigenvalue weighted by Crippen LogP contribution is -2.27. The fraction of sp³-hybridized carbons (Fsp3) is 0.118. The number of nitro groups is 1. The van der Waals surface area contributed by atoms with E-state index in [0.717, 1.165) is 10.6 Å². The molecular weight excluding hydrogens is 356 g/mol. The molecule has 0 radical (unpaired) electrons. The minimum absolute atomic E-state index is 0.0718. The summed E-state index contributed by atoms with van der Waals surface area (Å²) in [5.74, 6) is 0.650. The third-order valence-corrected chi connectivity index (χ3v) is 3.99. The van der Waals surface area contributed by atoms with Crippen LogP contribution < -0.4 is 20.3 Å². The van der Waals surface area contributed by atoms with Gasteiger partial charge in [-0.2, -0.15) is 0 Å². The maximum absolute atomic E-state index is 12.5. The molecule has 4 rings (SSSR count). The van der Waals surface area contributed by atoms with Crippen molar-refractivity contribution in [3.8, 4) is 11.5 Å². The molecule has 27 heavy (non-hydrogen) atoms. The van der Waals surface area contributed by atoms with Crippen molar-refractivity contribution < 1.29 is 19.2 Å². The molecule has 3 aromatic rings. The highest BCUT2D eigenvalue weighted by molar-refractivity contribution is 5.91. The smallest absolute Gasteiger partial charge is 0.270 e. The molecule has 10 heteroatoms. The summed E-state index contributed by atoms with van der Waals surface area (Å²) in [5.41, 5.74) is 0.0493. The maximum Gasteiger partial charge on any atom is 0.270 e. The van der Waals surface area contributed by atoms with E-state index in [2.05, 4.69) is 10.3 Å². The van der Waals surface area contributed by atoms with Crippen molar-refractivity contribution in [2.24, 2.45) is 0 Å². The summed E-state index contributed by atoms with van der Waals surface area (Å²) in [6, 6.07) is 8.75. The number of non-ortho nitro benzene ring substituents is 1. The van der Waals surface area contributed by atoms with Gasteiger partial charge in [0, 0.05) is 23.9 Å². The number of carbonyl (C=O) groups is 1. The number of nitrogens with one attached hydrogen (secondary N) is 1. The molecule has 0 saturated carbocycles. The fourth-order valence-electron chi connectivity index (χ4n) is 2.70. The average Bonchev–Trinajstić information content (AvgIpc) is 3.11. The lowest BCUT2D eigenvalue weighted by Gasteiger charge is -2.08. The predicted octanol–water partition coefficient (Wildman–Crippen LogP) is 1.67. The van der Waals surface area contributed by atoms with Gasteiger partial charge in [0.1, 0.15) is 6.54 Å². The molecule has 0 atom stereocenters. The van der Waals surface area contributed by atoms with Crippen LogP contribution in [-0.2, 0) is 11.3 Å². The number of hydrogen-bond donors (Lipinski definition) is 1. The van der Waals surface area contributed by atoms with Gasteiger partial charge in [-0.1, -0.05) is 0 Å². The summed E-state index contributed by atoms with van der Waals surface area (Å²) in [4.78, 5) is 39.2. The van der Waals surface area contributed by atoms with Crippen LogP contribution in [0.25, 0.3) is 10.9 Å². The van der Waals surface area contributed by atoms with E-state index in [1.54, 1.807) is 18.2 Å². The summed E-state index contributed by atoms with van der Waals surface area (Å²) in [5, 5.41) is 13.6. The maximum atomic E-state index is 12.5. The van der Waals surface area contributed by atoms with Crippen LogP contribution in [0.2, 0.25) is 0 Å². The van der Waals surface area contributed by atoms with Gasteiger partial charge in [-0.05, 0) is 18.2 Å². The van der Waals surface area contributed by atoms with E-state index in [9.17, 15) is 19.7 Å². The van der Waals surface area contributed by atoms with E-state index in [0.29, 0.717) is 22.7 Å². The Morgan fingerprint density at radius 1 is 1.22 bits per heavy atom. The van der Waals surface area contributed by atoms with E-state index in [4.69, 9.17) is 9.47 Å². The molecule has 0 unspecified atom stereocenters. The molecule has 1 aromatic heterocycles. The Morgan fingerprint density at radius 2 is 2.04 bits per heavy atom. The molecule has 1 aliphatic rings. The third-order valence-electron chi connectivity index (χ3n) is 3.99. The number of benzene rings is 2. The minimum atomic E-state index is -0.595. The Morgan fingerprint density at radius 3 is 2.85 bits per heavy atom. The van der Waals surface area contributed by atoms with Crippen LogP contribution in [0.4, 0.5) is 11.4 Å². The van der Waals surface area contributed by atoms with E-state index < -0.39 is 16.4 Å². The molecular formula is C17H12N4O6. The van der Waals surface area contributed by atoms with Crippen molar-refractivity contribution in [2.75, 3.05) is 12.1 Å². The number of ether oxygens (including phenoxy) is 2. The lowest BCUT2D eigenvalue weighted by molar-refractivity contribution is -0.384. The highest BCUT2D eigenvalue weighted by Crippen LogP contribution is 2.34. The summed E-state index contributed by atoms with van der Waals surface area (Å²) in [6.07, 6.45) is 1.23. The topological polar surface area (TPSA) is 126 Å². The van der Waals surface area contributed by atoms with Crippen LogP contribution in [-0.4, -0.2) is 27.2 Å². The number of aromatic nitrogens is 2. The van der Waals surface area contributed by atoms with Crippen molar-refractivity contribution in [1.82, 2.24) is 9.55 Å². The van der Waals surface area contributed by atoms with Crippen LogP contribution >= 0.6 is 0 Å². The van der Waals surface area contributed by atoms with Crippen LogP contribution in [0.1, 0.15) is 0 Å². The van der Waals surface area contributed by atoms with Gasteiger partial charge in [0.15, 0.2) is 11.5 Å². The van der Waals surface area contributed by atoms with E-state index in [1.807, 2.05) is 0 Å². The van der Waals surface area contributed by atoms with Gasteiger partial charge >= 0.3 is 0 Å². The second-order valence-corrected chi connectivity index (χ2v) is 5.75. The lowest BCUT2D eigenvalue weighted by atomic mass is 10.2. The predicted molar refractivity (Wildman–Crippen MR) is 93.9 cm³/mol. The van der Waals surface area contributed by atoms with Gasteiger partial charge in [0.05, 0.1) is 22.2 Å². The zero-order chi connectivity index (χ0) is 19.0. The highest BCUT2D eigenvalue weighted by atomic mass is 16.7. The normalized spacial score (nSPS) is 12.1. The first kappa shape index (κ1) is 16.5. The van der Waals surface area contributed by atoms with Gasteiger partial charge < -0.3 is 14.8 Å². The molecule has 0 spiro atoms. The molecule has 0 bridgehead atoms. The molecule has 1 amide bonds. The van der Waals surface area contributed by atoms with Crippen LogP contribution in [0.15, 0.2) is 47.5 Å². The molecule has 0 fully saturated rings. The van der Waals surface area contributed by atoms with Crippen LogP contribution in [0, 0.1) is 10.1 Å².